The van der Waals surface area contributed by atoms with Gasteiger partial charge in [0.15, 0.2) is 0 Å². The van der Waals surface area contributed by atoms with Crippen LogP contribution in [0.1, 0.15) is 36.3 Å². The molecule has 1 aliphatic heterocycles. The van der Waals surface area contributed by atoms with E-state index in [1.807, 2.05) is 38.8 Å². The highest BCUT2D eigenvalue weighted by atomic mass is 16.2. The molecule has 1 saturated heterocycles. The van der Waals surface area contributed by atoms with Gasteiger partial charge in [0.2, 0.25) is 5.91 Å². The van der Waals surface area contributed by atoms with E-state index in [9.17, 15) is 4.79 Å². The topological polar surface area (TPSA) is 67.2 Å². The number of aromatic nitrogens is 4. The first kappa shape index (κ1) is 17.4. The zero-order chi connectivity index (χ0) is 18.0. The highest BCUT2D eigenvalue weighted by molar-refractivity contribution is 5.80. The Labute approximate surface area is 148 Å². The highest BCUT2D eigenvalue weighted by Gasteiger charge is 2.25. The number of hydrogen-bond donors (Lipinski definition) is 0. The van der Waals surface area contributed by atoms with Crippen molar-refractivity contribution in [3.8, 4) is 0 Å². The minimum atomic E-state index is -0.277. The molecule has 1 aliphatic rings. The van der Waals surface area contributed by atoms with Crippen LogP contribution in [-0.4, -0.2) is 56.7 Å². The summed E-state index contributed by atoms with van der Waals surface area (Å²) in [6, 6.07) is -0.277. The van der Waals surface area contributed by atoms with Gasteiger partial charge in [-0.1, -0.05) is 0 Å². The quantitative estimate of drug-likeness (QED) is 0.852. The molecule has 0 spiro atoms. The molecule has 134 valence electrons. The Morgan fingerprint density at radius 3 is 2.64 bits per heavy atom. The van der Waals surface area contributed by atoms with Crippen molar-refractivity contribution in [1.29, 1.82) is 0 Å². The molecule has 0 N–H and O–H groups in total. The van der Waals surface area contributed by atoms with Gasteiger partial charge in [-0.3, -0.25) is 14.5 Å². The first-order valence-electron chi connectivity index (χ1n) is 8.80. The van der Waals surface area contributed by atoms with E-state index in [2.05, 4.69) is 20.0 Å². The molecule has 1 unspecified atom stereocenters. The zero-order valence-electron chi connectivity index (χ0n) is 15.4. The predicted molar refractivity (Wildman–Crippen MR) is 96.6 cm³/mol. The van der Waals surface area contributed by atoms with Gasteiger partial charge >= 0.3 is 0 Å². The van der Waals surface area contributed by atoms with Crippen molar-refractivity contribution in [2.45, 2.75) is 40.2 Å². The smallest absolute Gasteiger partial charge is 0.247 e. The minimum absolute atomic E-state index is 0.122. The number of rotatable bonds is 3. The molecule has 3 heterocycles. The summed E-state index contributed by atoms with van der Waals surface area (Å²) in [7, 11) is 0. The van der Waals surface area contributed by atoms with Crippen LogP contribution in [0.2, 0.25) is 0 Å². The van der Waals surface area contributed by atoms with Crippen molar-refractivity contribution in [3.63, 3.8) is 0 Å². The van der Waals surface area contributed by atoms with Crippen molar-refractivity contribution >= 4 is 11.7 Å². The molecule has 0 radical (unpaired) electrons. The normalized spacial score (nSPS) is 16.6. The fourth-order valence-corrected chi connectivity index (χ4v) is 3.20. The monoisotopic (exact) mass is 342 g/mol. The molecule has 1 amide bonds. The van der Waals surface area contributed by atoms with Gasteiger partial charge in [0.05, 0.1) is 17.6 Å². The van der Waals surface area contributed by atoms with Gasteiger partial charge in [0.1, 0.15) is 11.9 Å². The van der Waals surface area contributed by atoms with Crippen molar-refractivity contribution < 1.29 is 4.79 Å². The van der Waals surface area contributed by atoms with Crippen LogP contribution < -0.4 is 4.90 Å². The summed E-state index contributed by atoms with van der Waals surface area (Å²) in [5.41, 5.74) is 2.92. The zero-order valence-corrected chi connectivity index (χ0v) is 15.4. The minimum Gasteiger partial charge on any atom is -0.353 e. The Morgan fingerprint density at radius 2 is 1.92 bits per heavy atom. The molecular weight excluding hydrogens is 316 g/mol. The van der Waals surface area contributed by atoms with Crippen LogP contribution in [-0.2, 0) is 4.79 Å². The van der Waals surface area contributed by atoms with E-state index in [1.165, 1.54) is 0 Å². The fraction of sp³-hybridized carbons (Fsp3) is 0.556. The summed E-state index contributed by atoms with van der Waals surface area (Å²) in [6.45, 7) is 10.9. The number of aryl methyl sites for hydroxylation is 3. The van der Waals surface area contributed by atoms with E-state index in [0.29, 0.717) is 6.54 Å². The van der Waals surface area contributed by atoms with Crippen molar-refractivity contribution in [2.24, 2.45) is 0 Å². The van der Waals surface area contributed by atoms with E-state index in [-0.39, 0.29) is 11.9 Å². The number of anilines is 1. The maximum atomic E-state index is 12.8. The van der Waals surface area contributed by atoms with E-state index in [0.717, 1.165) is 48.8 Å². The summed E-state index contributed by atoms with van der Waals surface area (Å²) < 4.78 is 1.75. The van der Waals surface area contributed by atoms with Crippen LogP contribution in [0.5, 0.6) is 0 Å². The molecular formula is C18H26N6O. The summed E-state index contributed by atoms with van der Waals surface area (Å²) in [5.74, 6) is 1.06. The van der Waals surface area contributed by atoms with E-state index in [1.54, 1.807) is 17.1 Å². The Bertz CT molecular complexity index is 756. The highest BCUT2D eigenvalue weighted by Crippen LogP contribution is 2.19. The Kier molecular flexibility index (Phi) is 5.01. The summed E-state index contributed by atoms with van der Waals surface area (Å²) in [4.78, 5) is 26.1. The van der Waals surface area contributed by atoms with E-state index in [4.69, 9.17) is 0 Å². The van der Waals surface area contributed by atoms with Crippen molar-refractivity contribution in [3.05, 3.63) is 35.5 Å². The number of carbonyl (C=O) groups is 1. The van der Waals surface area contributed by atoms with Crippen molar-refractivity contribution in [2.75, 3.05) is 31.1 Å². The number of nitrogens with zero attached hydrogens (tertiary/aromatic N) is 6. The molecule has 2 aromatic heterocycles. The lowest BCUT2D eigenvalue weighted by Crippen LogP contribution is -2.39. The van der Waals surface area contributed by atoms with Gasteiger partial charge in [-0.2, -0.15) is 5.10 Å². The molecule has 0 aromatic carbocycles. The second-order valence-electron chi connectivity index (χ2n) is 6.76. The number of carbonyl (C=O) groups excluding carboxylic acids is 1. The van der Waals surface area contributed by atoms with Gasteiger partial charge in [0, 0.05) is 38.6 Å². The molecule has 25 heavy (non-hydrogen) atoms. The third kappa shape index (κ3) is 3.81. The first-order chi connectivity index (χ1) is 12.0. The Hall–Kier alpha value is -2.44. The molecule has 0 saturated carbocycles. The van der Waals surface area contributed by atoms with Gasteiger partial charge < -0.3 is 9.80 Å². The molecule has 2 aromatic rings. The number of amides is 1. The van der Waals surface area contributed by atoms with Crippen LogP contribution in [0.3, 0.4) is 0 Å². The lowest BCUT2D eigenvalue weighted by molar-refractivity contribution is -0.134. The lowest BCUT2D eigenvalue weighted by atomic mass is 10.2. The summed E-state index contributed by atoms with van der Waals surface area (Å²) in [5, 5.41) is 4.28. The van der Waals surface area contributed by atoms with Crippen molar-refractivity contribution in [1.82, 2.24) is 24.6 Å². The predicted octanol–water partition coefficient (Wildman–Crippen LogP) is 1.90. The van der Waals surface area contributed by atoms with Crippen LogP contribution in [0.4, 0.5) is 5.82 Å². The average molecular weight is 342 g/mol. The lowest BCUT2D eigenvalue weighted by Gasteiger charge is -2.25. The molecule has 0 bridgehead atoms. The van der Waals surface area contributed by atoms with E-state index < -0.39 is 0 Å². The maximum Gasteiger partial charge on any atom is 0.247 e. The summed E-state index contributed by atoms with van der Waals surface area (Å²) in [6.07, 6.45) is 6.41. The Balaban J connectivity index is 1.69. The van der Waals surface area contributed by atoms with Gasteiger partial charge in [-0.05, 0) is 39.7 Å². The second-order valence-corrected chi connectivity index (χ2v) is 6.76. The molecule has 0 aliphatic carbocycles. The summed E-state index contributed by atoms with van der Waals surface area (Å²) >= 11 is 0. The maximum absolute atomic E-state index is 12.8. The van der Waals surface area contributed by atoms with Crippen LogP contribution in [0.15, 0.2) is 18.6 Å². The van der Waals surface area contributed by atoms with Gasteiger partial charge in [0.25, 0.3) is 0 Å². The molecule has 7 heteroatoms. The SMILES string of the molecule is Cc1cnn(C(C)C(=O)N2CCCN(c3nc(C)cnc3C)CC2)c1. The fourth-order valence-electron chi connectivity index (χ4n) is 3.20. The first-order valence-corrected chi connectivity index (χ1v) is 8.80. The second kappa shape index (κ2) is 7.21. The largest absolute Gasteiger partial charge is 0.353 e. The van der Waals surface area contributed by atoms with Crippen LogP contribution >= 0.6 is 0 Å². The van der Waals surface area contributed by atoms with Gasteiger partial charge in [-0.25, -0.2) is 4.98 Å². The van der Waals surface area contributed by atoms with E-state index >= 15 is 0 Å². The third-order valence-corrected chi connectivity index (χ3v) is 4.64. The molecule has 7 nitrogen and oxygen atoms in total. The van der Waals surface area contributed by atoms with Crippen LogP contribution in [0.25, 0.3) is 0 Å². The molecule has 1 atom stereocenters. The standard InChI is InChI=1S/C18H26N6O/c1-13-10-20-24(12-13)16(4)18(25)23-7-5-6-22(8-9-23)17-15(3)19-11-14(2)21-17/h10-12,16H,5-9H2,1-4H3. The third-order valence-electron chi connectivity index (χ3n) is 4.64. The number of hydrogen-bond acceptors (Lipinski definition) is 5. The Morgan fingerprint density at radius 1 is 1.12 bits per heavy atom. The van der Waals surface area contributed by atoms with Crippen LogP contribution in [0, 0.1) is 20.8 Å². The average Bonchev–Trinajstić information content (AvgIpc) is 2.88. The molecule has 3 rings (SSSR count). The van der Waals surface area contributed by atoms with Gasteiger partial charge in [-0.15, -0.1) is 0 Å². The molecule has 1 fully saturated rings.